The minimum atomic E-state index is -0.373. The Balaban J connectivity index is 1.74. The van der Waals surface area contributed by atoms with Gasteiger partial charge in [-0.05, 0) is 29.7 Å². The fourth-order valence-electron chi connectivity index (χ4n) is 2.53. The molecule has 0 radical (unpaired) electrons. The van der Waals surface area contributed by atoms with Gasteiger partial charge in [-0.1, -0.05) is 64.1 Å². The molecule has 2 aromatic rings. The predicted octanol–water partition coefficient (Wildman–Crippen LogP) is 3.92. The average Bonchev–Trinajstić information content (AvgIpc) is 2.88. The van der Waals surface area contributed by atoms with E-state index < -0.39 is 0 Å². The molecule has 0 N–H and O–H groups in total. The van der Waals surface area contributed by atoms with Crippen molar-refractivity contribution in [2.24, 2.45) is 4.99 Å². The third-order valence-corrected chi connectivity index (χ3v) is 6.46. The summed E-state index contributed by atoms with van der Waals surface area (Å²) in [6.07, 6.45) is 0.742. The van der Waals surface area contributed by atoms with Crippen LogP contribution < -0.4 is 0 Å². The largest absolute Gasteiger partial charge is 0.465 e. The monoisotopic (exact) mass is 401 g/mol. The third-order valence-electron chi connectivity index (χ3n) is 3.91. The molecule has 0 amide bonds. The van der Waals surface area contributed by atoms with Crippen molar-refractivity contribution in [1.82, 2.24) is 0 Å². The molecule has 1 aliphatic rings. The van der Waals surface area contributed by atoms with Crippen LogP contribution in [0.5, 0.6) is 0 Å². The van der Waals surface area contributed by atoms with Gasteiger partial charge in [0.15, 0.2) is 0 Å². The molecule has 2 aromatic carbocycles. The van der Waals surface area contributed by atoms with Gasteiger partial charge < -0.3 is 9.47 Å². The van der Waals surface area contributed by atoms with Gasteiger partial charge in [-0.2, -0.15) is 0 Å². The highest BCUT2D eigenvalue weighted by Gasteiger charge is 2.26. The SMILES string of the molecule is COC(=O)c1ccc(CN=C2OC(=O)CSSC2Cc2ccccc2)cc1. The van der Waals surface area contributed by atoms with Gasteiger partial charge in [-0.15, -0.1) is 0 Å². The van der Waals surface area contributed by atoms with Crippen LogP contribution in [0.4, 0.5) is 0 Å². The van der Waals surface area contributed by atoms with Crippen molar-refractivity contribution < 1.29 is 19.1 Å². The van der Waals surface area contributed by atoms with Crippen molar-refractivity contribution in [3.63, 3.8) is 0 Å². The molecule has 1 atom stereocenters. The van der Waals surface area contributed by atoms with E-state index in [1.807, 2.05) is 30.3 Å². The lowest BCUT2D eigenvalue weighted by molar-refractivity contribution is -0.132. The van der Waals surface area contributed by atoms with E-state index in [1.54, 1.807) is 22.9 Å². The zero-order chi connectivity index (χ0) is 19.1. The number of benzene rings is 2. The predicted molar refractivity (Wildman–Crippen MR) is 109 cm³/mol. The van der Waals surface area contributed by atoms with Crippen LogP contribution in [0, 0.1) is 0 Å². The lowest BCUT2D eigenvalue weighted by Gasteiger charge is -2.14. The Labute approximate surface area is 165 Å². The van der Waals surface area contributed by atoms with Crippen LogP contribution in [0.1, 0.15) is 21.5 Å². The van der Waals surface area contributed by atoms with E-state index >= 15 is 0 Å². The number of ether oxygens (including phenoxy) is 2. The zero-order valence-corrected chi connectivity index (χ0v) is 16.4. The molecule has 0 aromatic heterocycles. The van der Waals surface area contributed by atoms with E-state index in [1.165, 1.54) is 23.5 Å². The van der Waals surface area contributed by atoms with E-state index in [0.717, 1.165) is 12.0 Å². The highest BCUT2D eigenvalue weighted by molar-refractivity contribution is 8.77. The lowest BCUT2D eigenvalue weighted by Crippen LogP contribution is -2.24. The summed E-state index contributed by atoms with van der Waals surface area (Å²) < 4.78 is 10.2. The number of methoxy groups -OCH3 is 1. The molecule has 7 heteroatoms. The Morgan fingerprint density at radius 2 is 1.89 bits per heavy atom. The Morgan fingerprint density at radius 3 is 2.59 bits per heavy atom. The van der Waals surface area contributed by atoms with Crippen molar-refractivity contribution in [1.29, 1.82) is 0 Å². The van der Waals surface area contributed by atoms with Crippen LogP contribution in [-0.4, -0.2) is 35.9 Å². The van der Waals surface area contributed by atoms with Crippen molar-refractivity contribution in [2.75, 3.05) is 12.9 Å². The summed E-state index contributed by atoms with van der Waals surface area (Å²) in [6.45, 7) is 0.376. The molecule has 0 bridgehead atoms. The summed E-state index contributed by atoms with van der Waals surface area (Å²) in [7, 11) is 4.46. The smallest absolute Gasteiger partial charge is 0.337 e. The Morgan fingerprint density at radius 1 is 1.15 bits per heavy atom. The summed E-state index contributed by atoms with van der Waals surface area (Å²) in [5.41, 5.74) is 2.58. The molecule has 1 saturated heterocycles. The number of rotatable bonds is 5. The number of cyclic esters (lactones) is 1. The van der Waals surface area contributed by atoms with Gasteiger partial charge in [0.2, 0.25) is 5.90 Å². The first-order valence-electron chi connectivity index (χ1n) is 8.40. The number of nitrogens with zero attached hydrogens (tertiary/aromatic N) is 1. The standard InChI is InChI=1S/C20H19NO4S2/c1-24-20(23)16-9-7-15(8-10-16)12-21-19-17(27-26-13-18(22)25-19)11-14-5-3-2-4-6-14/h2-10,17H,11-13H2,1H3. The second-order valence-corrected chi connectivity index (χ2v) is 8.42. The lowest BCUT2D eigenvalue weighted by atomic mass is 10.1. The minimum Gasteiger partial charge on any atom is -0.465 e. The quantitative estimate of drug-likeness (QED) is 0.559. The van der Waals surface area contributed by atoms with Crippen molar-refractivity contribution in [2.45, 2.75) is 18.2 Å². The number of aliphatic imine (C=N–C) groups is 1. The summed E-state index contributed by atoms with van der Waals surface area (Å²) in [6, 6.07) is 17.1. The average molecular weight is 402 g/mol. The molecule has 0 spiro atoms. The van der Waals surface area contributed by atoms with Crippen LogP contribution in [0.15, 0.2) is 59.6 Å². The van der Waals surface area contributed by atoms with Gasteiger partial charge in [-0.25, -0.2) is 9.79 Å². The number of carbonyl (C=O) groups excluding carboxylic acids is 2. The fraction of sp³-hybridized carbons (Fsp3) is 0.250. The van der Waals surface area contributed by atoms with Gasteiger partial charge in [0.25, 0.3) is 0 Å². The van der Waals surface area contributed by atoms with Crippen molar-refractivity contribution >= 4 is 39.4 Å². The number of carbonyl (C=O) groups is 2. The number of hydrogen-bond acceptors (Lipinski definition) is 7. The molecule has 5 nitrogen and oxygen atoms in total. The van der Waals surface area contributed by atoms with Crippen LogP contribution in [0.3, 0.4) is 0 Å². The highest BCUT2D eigenvalue weighted by Crippen LogP contribution is 2.33. The Bertz CT molecular complexity index is 822. The van der Waals surface area contributed by atoms with Gasteiger partial charge >= 0.3 is 11.9 Å². The molecular formula is C20H19NO4S2. The minimum absolute atomic E-state index is 0.0295. The van der Waals surface area contributed by atoms with Crippen molar-refractivity contribution in [3.8, 4) is 0 Å². The molecule has 0 aliphatic carbocycles. The van der Waals surface area contributed by atoms with Gasteiger partial charge in [0.05, 0.1) is 24.5 Å². The normalized spacial score (nSPS) is 18.6. The Kier molecular flexibility index (Phi) is 6.95. The second-order valence-electron chi connectivity index (χ2n) is 5.85. The van der Waals surface area contributed by atoms with E-state index in [0.29, 0.717) is 23.8 Å². The molecule has 27 heavy (non-hydrogen) atoms. The first kappa shape index (κ1) is 19.5. The maximum atomic E-state index is 11.9. The molecule has 3 rings (SSSR count). The zero-order valence-electron chi connectivity index (χ0n) is 14.8. The summed E-state index contributed by atoms with van der Waals surface area (Å²) >= 11 is 0. The summed E-state index contributed by atoms with van der Waals surface area (Å²) in [4.78, 5) is 27.9. The number of hydrogen-bond donors (Lipinski definition) is 0. The number of esters is 2. The van der Waals surface area contributed by atoms with E-state index in [2.05, 4.69) is 17.1 Å². The highest BCUT2D eigenvalue weighted by atomic mass is 33.1. The molecule has 1 aliphatic heterocycles. The molecule has 1 unspecified atom stereocenters. The van der Waals surface area contributed by atoms with Gasteiger partial charge in [0.1, 0.15) is 5.75 Å². The molecule has 0 saturated carbocycles. The van der Waals surface area contributed by atoms with Crippen molar-refractivity contribution in [3.05, 3.63) is 71.3 Å². The van der Waals surface area contributed by atoms with Gasteiger partial charge in [-0.3, -0.25) is 4.79 Å². The summed E-state index contributed by atoms with van der Waals surface area (Å²) in [5, 5.41) is -0.0295. The molecule has 1 fully saturated rings. The van der Waals surface area contributed by atoms with E-state index in [-0.39, 0.29) is 17.2 Å². The second kappa shape index (κ2) is 9.62. The van der Waals surface area contributed by atoms with E-state index in [4.69, 9.17) is 9.47 Å². The molecular weight excluding hydrogens is 382 g/mol. The first-order valence-corrected chi connectivity index (χ1v) is 10.8. The third kappa shape index (κ3) is 5.61. The molecule has 1 heterocycles. The Hall–Kier alpha value is -2.25. The molecule has 140 valence electrons. The van der Waals surface area contributed by atoms with Gasteiger partial charge in [0, 0.05) is 0 Å². The fourth-order valence-corrected chi connectivity index (χ4v) is 4.82. The maximum absolute atomic E-state index is 11.9. The van der Waals surface area contributed by atoms with Crippen LogP contribution in [-0.2, 0) is 27.2 Å². The maximum Gasteiger partial charge on any atom is 0.337 e. The summed E-state index contributed by atoms with van der Waals surface area (Å²) in [5.74, 6) is 0.115. The first-order chi connectivity index (χ1) is 13.2. The van der Waals surface area contributed by atoms with Crippen LogP contribution >= 0.6 is 21.6 Å². The topological polar surface area (TPSA) is 65.0 Å². The van der Waals surface area contributed by atoms with Crippen LogP contribution in [0.2, 0.25) is 0 Å². The van der Waals surface area contributed by atoms with E-state index in [9.17, 15) is 9.59 Å². The van der Waals surface area contributed by atoms with Crippen LogP contribution in [0.25, 0.3) is 0 Å².